The average molecular weight is 309 g/mol. The number of fused-ring (bicyclic) bond motifs is 1. The molecule has 0 saturated carbocycles. The van der Waals surface area contributed by atoms with Crippen molar-refractivity contribution in [1.82, 2.24) is 9.55 Å². The van der Waals surface area contributed by atoms with Crippen LogP contribution in [-0.2, 0) is 17.9 Å². The number of para-hydroxylation sites is 2. The van der Waals surface area contributed by atoms with E-state index in [9.17, 15) is 9.90 Å². The number of rotatable bonds is 4. The first-order valence-corrected chi connectivity index (χ1v) is 7.50. The monoisotopic (exact) mass is 309 g/mol. The molecule has 0 bridgehead atoms. The van der Waals surface area contributed by atoms with Gasteiger partial charge in [-0.3, -0.25) is 4.79 Å². The number of aryl methyl sites for hydroxylation is 2. The summed E-state index contributed by atoms with van der Waals surface area (Å²) in [6.07, 6.45) is 0. The summed E-state index contributed by atoms with van der Waals surface area (Å²) < 4.78 is 1.75. The number of nitrogens with one attached hydrogen (secondary N) is 1. The highest BCUT2D eigenvalue weighted by Crippen LogP contribution is 2.18. The molecule has 0 spiro atoms. The van der Waals surface area contributed by atoms with Gasteiger partial charge in [0.1, 0.15) is 19.0 Å². The number of anilines is 1. The number of hydrogen-bond donors (Lipinski definition) is 2. The smallest absolute Gasteiger partial charge is 0.244 e. The van der Waals surface area contributed by atoms with Crippen LogP contribution in [0.25, 0.3) is 11.0 Å². The van der Waals surface area contributed by atoms with Crippen LogP contribution in [0.5, 0.6) is 0 Å². The van der Waals surface area contributed by atoms with Gasteiger partial charge in [-0.25, -0.2) is 4.98 Å². The Hall–Kier alpha value is -2.66. The molecule has 1 heterocycles. The summed E-state index contributed by atoms with van der Waals surface area (Å²) in [4.78, 5) is 16.8. The van der Waals surface area contributed by atoms with Gasteiger partial charge in [-0.1, -0.05) is 24.3 Å². The van der Waals surface area contributed by atoms with Gasteiger partial charge in [-0.2, -0.15) is 0 Å². The minimum Gasteiger partial charge on any atom is -0.388 e. The third-order valence-electron chi connectivity index (χ3n) is 3.84. The molecule has 0 aliphatic heterocycles. The number of benzene rings is 2. The van der Waals surface area contributed by atoms with E-state index in [-0.39, 0.29) is 19.1 Å². The SMILES string of the molecule is Cc1ccc(C)c(NC(=O)Cn2c(CO)nc3ccccc32)c1. The molecule has 0 saturated heterocycles. The van der Waals surface area contributed by atoms with Gasteiger partial charge in [0.15, 0.2) is 0 Å². The highest BCUT2D eigenvalue weighted by atomic mass is 16.3. The molecule has 0 unspecified atom stereocenters. The topological polar surface area (TPSA) is 67.2 Å². The van der Waals surface area contributed by atoms with Gasteiger partial charge in [0.2, 0.25) is 5.91 Å². The molecule has 0 atom stereocenters. The number of carbonyl (C=O) groups excluding carboxylic acids is 1. The van der Waals surface area contributed by atoms with E-state index in [0.29, 0.717) is 5.82 Å². The van der Waals surface area contributed by atoms with Gasteiger partial charge in [-0.05, 0) is 43.2 Å². The maximum atomic E-state index is 12.4. The maximum absolute atomic E-state index is 12.4. The average Bonchev–Trinajstić information content (AvgIpc) is 2.89. The summed E-state index contributed by atoms with van der Waals surface area (Å²) in [5.74, 6) is 0.346. The number of amides is 1. The van der Waals surface area contributed by atoms with Crippen LogP contribution in [0.3, 0.4) is 0 Å². The summed E-state index contributed by atoms with van der Waals surface area (Å²) in [6, 6.07) is 13.5. The predicted molar refractivity (Wildman–Crippen MR) is 90.2 cm³/mol. The molecular formula is C18H19N3O2. The summed E-state index contributed by atoms with van der Waals surface area (Å²) in [7, 11) is 0. The van der Waals surface area contributed by atoms with Gasteiger partial charge in [0.25, 0.3) is 0 Å². The fourth-order valence-corrected chi connectivity index (χ4v) is 2.63. The lowest BCUT2D eigenvalue weighted by molar-refractivity contribution is -0.116. The number of nitrogens with zero attached hydrogens (tertiary/aromatic N) is 2. The van der Waals surface area contributed by atoms with E-state index < -0.39 is 0 Å². The van der Waals surface area contributed by atoms with Crippen molar-refractivity contribution < 1.29 is 9.90 Å². The quantitative estimate of drug-likeness (QED) is 0.779. The van der Waals surface area contributed by atoms with Crippen LogP contribution < -0.4 is 5.32 Å². The zero-order chi connectivity index (χ0) is 16.4. The van der Waals surface area contributed by atoms with E-state index >= 15 is 0 Å². The minimum atomic E-state index is -0.203. The number of hydrogen-bond acceptors (Lipinski definition) is 3. The van der Waals surface area contributed by atoms with E-state index in [0.717, 1.165) is 27.8 Å². The van der Waals surface area contributed by atoms with Crippen molar-refractivity contribution >= 4 is 22.6 Å². The van der Waals surface area contributed by atoms with Crippen molar-refractivity contribution in [3.63, 3.8) is 0 Å². The molecule has 0 radical (unpaired) electrons. The lowest BCUT2D eigenvalue weighted by Gasteiger charge is -2.11. The van der Waals surface area contributed by atoms with Crippen LogP contribution in [0, 0.1) is 13.8 Å². The number of imidazole rings is 1. The Kier molecular flexibility index (Phi) is 4.12. The summed E-state index contributed by atoms with van der Waals surface area (Å²) in [5.41, 5.74) is 4.53. The Labute approximate surface area is 134 Å². The molecule has 1 amide bonds. The maximum Gasteiger partial charge on any atom is 0.244 e. The number of aromatic nitrogens is 2. The Bertz CT molecular complexity index is 868. The third kappa shape index (κ3) is 3.10. The largest absolute Gasteiger partial charge is 0.388 e. The molecular weight excluding hydrogens is 290 g/mol. The van der Waals surface area contributed by atoms with Gasteiger partial charge < -0.3 is 15.0 Å². The molecule has 118 valence electrons. The van der Waals surface area contributed by atoms with Crippen molar-refractivity contribution in [2.24, 2.45) is 0 Å². The standard InChI is InChI=1S/C18H19N3O2/c1-12-7-8-13(2)15(9-12)20-18(23)10-21-16-6-4-3-5-14(16)19-17(21)11-22/h3-9,22H,10-11H2,1-2H3,(H,20,23). The Morgan fingerprint density at radius 1 is 1.22 bits per heavy atom. The number of aliphatic hydroxyl groups is 1. The Morgan fingerprint density at radius 2 is 2.00 bits per heavy atom. The van der Waals surface area contributed by atoms with E-state index in [1.54, 1.807) is 4.57 Å². The van der Waals surface area contributed by atoms with Crippen LogP contribution in [0.4, 0.5) is 5.69 Å². The van der Waals surface area contributed by atoms with Crippen LogP contribution >= 0.6 is 0 Å². The summed E-state index contributed by atoms with van der Waals surface area (Å²) in [6.45, 7) is 3.86. The molecule has 0 fully saturated rings. The second-order valence-electron chi connectivity index (χ2n) is 5.63. The van der Waals surface area contributed by atoms with Crippen LogP contribution in [0.2, 0.25) is 0 Å². The van der Waals surface area contributed by atoms with Gasteiger partial charge >= 0.3 is 0 Å². The molecule has 1 aromatic heterocycles. The molecule has 23 heavy (non-hydrogen) atoms. The normalized spacial score (nSPS) is 10.9. The highest BCUT2D eigenvalue weighted by molar-refractivity contribution is 5.92. The Morgan fingerprint density at radius 3 is 2.78 bits per heavy atom. The van der Waals surface area contributed by atoms with Crippen LogP contribution in [-0.4, -0.2) is 20.6 Å². The van der Waals surface area contributed by atoms with Crippen LogP contribution in [0.1, 0.15) is 17.0 Å². The molecule has 5 nitrogen and oxygen atoms in total. The summed E-state index contributed by atoms with van der Waals surface area (Å²) >= 11 is 0. The third-order valence-corrected chi connectivity index (χ3v) is 3.84. The number of aliphatic hydroxyl groups excluding tert-OH is 1. The molecule has 3 rings (SSSR count). The van der Waals surface area contributed by atoms with E-state index in [4.69, 9.17) is 0 Å². The summed E-state index contributed by atoms with van der Waals surface area (Å²) in [5, 5.41) is 12.4. The van der Waals surface area contributed by atoms with Gasteiger partial charge in [0, 0.05) is 5.69 Å². The van der Waals surface area contributed by atoms with Crippen molar-refractivity contribution in [1.29, 1.82) is 0 Å². The molecule has 3 aromatic rings. The molecule has 0 aliphatic rings. The second-order valence-corrected chi connectivity index (χ2v) is 5.63. The van der Waals surface area contributed by atoms with Crippen LogP contribution in [0.15, 0.2) is 42.5 Å². The number of carbonyl (C=O) groups is 1. The molecule has 2 N–H and O–H groups in total. The molecule has 0 aliphatic carbocycles. The predicted octanol–water partition coefficient (Wildman–Crippen LogP) is 2.78. The lowest BCUT2D eigenvalue weighted by atomic mass is 10.1. The zero-order valence-corrected chi connectivity index (χ0v) is 13.2. The first-order chi connectivity index (χ1) is 11.1. The van der Waals surface area contributed by atoms with Crippen molar-refractivity contribution in [2.45, 2.75) is 27.0 Å². The van der Waals surface area contributed by atoms with Crippen molar-refractivity contribution in [3.8, 4) is 0 Å². The van der Waals surface area contributed by atoms with E-state index in [2.05, 4.69) is 10.3 Å². The minimum absolute atomic E-state index is 0.115. The first kappa shape index (κ1) is 15.2. The first-order valence-electron chi connectivity index (χ1n) is 7.50. The fourth-order valence-electron chi connectivity index (χ4n) is 2.63. The van der Waals surface area contributed by atoms with E-state index in [1.807, 2.05) is 56.3 Å². The van der Waals surface area contributed by atoms with Crippen molar-refractivity contribution in [3.05, 3.63) is 59.4 Å². The highest BCUT2D eigenvalue weighted by Gasteiger charge is 2.13. The van der Waals surface area contributed by atoms with E-state index in [1.165, 1.54) is 0 Å². The van der Waals surface area contributed by atoms with Crippen molar-refractivity contribution in [2.75, 3.05) is 5.32 Å². The Balaban J connectivity index is 1.87. The van der Waals surface area contributed by atoms with Gasteiger partial charge in [-0.15, -0.1) is 0 Å². The van der Waals surface area contributed by atoms with Gasteiger partial charge in [0.05, 0.1) is 11.0 Å². The lowest BCUT2D eigenvalue weighted by Crippen LogP contribution is -2.20. The zero-order valence-electron chi connectivity index (χ0n) is 13.2. The molecule has 2 aromatic carbocycles. The molecule has 5 heteroatoms. The second kappa shape index (κ2) is 6.22. The fraction of sp³-hybridized carbons (Fsp3) is 0.222.